The summed E-state index contributed by atoms with van der Waals surface area (Å²) in [6.45, 7) is 3.63. The number of aliphatic imine (C=N–C) groups is 1. The highest BCUT2D eigenvalue weighted by molar-refractivity contribution is 14.0. The van der Waals surface area contributed by atoms with Crippen LogP contribution in [0.4, 0.5) is 0 Å². The van der Waals surface area contributed by atoms with Crippen molar-refractivity contribution in [2.45, 2.75) is 20.0 Å². The minimum Gasteiger partial charge on any atom is -0.493 e. The van der Waals surface area contributed by atoms with Crippen molar-refractivity contribution in [2.75, 3.05) is 27.9 Å². The zero-order valence-electron chi connectivity index (χ0n) is 17.5. The van der Waals surface area contributed by atoms with Crippen LogP contribution in [0.5, 0.6) is 17.2 Å². The summed E-state index contributed by atoms with van der Waals surface area (Å²) in [5, 5.41) is 14.9. The molecule has 0 amide bonds. The fourth-order valence-electron chi connectivity index (χ4n) is 2.97. The molecule has 0 saturated heterocycles. The molecule has 10 heteroatoms. The summed E-state index contributed by atoms with van der Waals surface area (Å²) in [6.07, 6.45) is 1.94. The number of halogens is 1. The monoisotopic (exact) mass is 526 g/mol. The van der Waals surface area contributed by atoms with Crippen molar-refractivity contribution in [1.29, 1.82) is 0 Å². The third-order valence-corrected chi connectivity index (χ3v) is 4.34. The number of aromatic nitrogens is 3. The summed E-state index contributed by atoms with van der Waals surface area (Å²) in [6, 6.07) is 9.55. The van der Waals surface area contributed by atoms with E-state index < -0.39 is 0 Å². The Labute approximate surface area is 192 Å². The lowest BCUT2D eigenvalue weighted by Gasteiger charge is -2.15. The second-order valence-electron chi connectivity index (χ2n) is 6.09. The topological polar surface area (TPSA) is 94.3 Å². The number of fused-ring (bicyclic) bond motifs is 1. The Morgan fingerprint density at radius 3 is 2.50 bits per heavy atom. The maximum absolute atomic E-state index is 5.53. The first-order valence-electron chi connectivity index (χ1n) is 9.30. The van der Waals surface area contributed by atoms with E-state index in [0.717, 1.165) is 23.6 Å². The minimum absolute atomic E-state index is 0. The molecule has 0 saturated carbocycles. The number of nitrogens with zero attached hydrogens (tertiary/aromatic N) is 4. The summed E-state index contributed by atoms with van der Waals surface area (Å²) >= 11 is 0. The molecule has 30 heavy (non-hydrogen) atoms. The third kappa shape index (κ3) is 5.23. The first-order valence-corrected chi connectivity index (χ1v) is 9.30. The summed E-state index contributed by atoms with van der Waals surface area (Å²) in [7, 11) is 4.78. The molecule has 1 aromatic carbocycles. The molecule has 0 aliphatic heterocycles. The van der Waals surface area contributed by atoms with Crippen LogP contribution in [-0.2, 0) is 13.1 Å². The van der Waals surface area contributed by atoms with Crippen LogP contribution in [0.1, 0.15) is 18.3 Å². The summed E-state index contributed by atoms with van der Waals surface area (Å²) in [5.41, 5.74) is 1.69. The smallest absolute Gasteiger partial charge is 0.203 e. The minimum atomic E-state index is 0. The molecule has 0 atom stereocenters. The molecule has 9 nitrogen and oxygen atoms in total. The molecule has 0 unspecified atom stereocenters. The van der Waals surface area contributed by atoms with E-state index >= 15 is 0 Å². The lowest BCUT2D eigenvalue weighted by atomic mass is 10.1. The van der Waals surface area contributed by atoms with Gasteiger partial charge in [-0.05, 0) is 31.2 Å². The highest BCUT2D eigenvalue weighted by atomic mass is 127. The number of rotatable bonds is 8. The molecule has 2 heterocycles. The van der Waals surface area contributed by atoms with Crippen LogP contribution in [-0.4, -0.2) is 48.4 Å². The second-order valence-corrected chi connectivity index (χ2v) is 6.09. The molecule has 0 aliphatic carbocycles. The SMILES string of the molecule is CCNC(=NCc1ccc(OC)c(OC)c1OC)NCc1nnc2ccccn12.I. The van der Waals surface area contributed by atoms with Gasteiger partial charge in [-0.15, -0.1) is 34.2 Å². The molecule has 0 spiro atoms. The van der Waals surface area contributed by atoms with Gasteiger partial charge < -0.3 is 24.8 Å². The number of methoxy groups -OCH3 is 3. The van der Waals surface area contributed by atoms with Crippen molar-refractivity contribution in [3.63, 3.8) is 0 Å². The fourth-order valence-corrected chi connectivity index (χ4v) is 2.97. The van der Waals surface area contributed by atoms with Gasteiger partial charge in [0.1, 0.15) is 0 Å². The number of hydrogen-bond donors (Lipinski definition) is 2. The third-order valence-electron chi connectivity index (χ3n) is 4.34. The van der Waals surface area contributed by atoms with Gasteiger partial charge in [-0.3, -0.25) is 4.40 Å². The van der Waals surface area contributed by atoms with Crippen LogP contribution in [0.2, 0.25) is 0 Å². The molecule has 2 N–H and O–H groups in total. The molecule has 3 aromatic rings. The van der Waals surface area contributed by atoms with Gasteiger partial charge in [0, 0.05) is 18.3 Å². The van der Waals surface area contributed by atoms with Gasteiger partial charge in [0.05, 0.1) is 34.4 Å². The van der Waals surface area contributed by atoms with E-state index in [9.17, 15) is 0 Å². The van der Waals surface area contributed by atoms with Crippen LogP contribution in [0.3, 0.4) is 0 Å². The summed E-state index contributed by atoms with van der Waals surface area (Å²) in [4.78, 5) is 4.66. The molecular formula is C20H27IN6O3. The van der Waals surface area contributed by atoms with E-state index in [1.807, 2.05) is 47.9 Å². The van der Waals surface area contributed by atoms with Crippen molar-refractivity contribution in [2.24, 2.45) is 4.99 Å². The maximum atomic E-state index is 5.53. The number of ether oxygens (including phenoxy) is 3. The number of hydrogen-bond acceptors (Lipinski definition) is 6. The Kier molecular flexibility index (Phi) is 8.96. The van der Waals surface area contributed by atoms with E-state index in [4.69, 9.17) is 14.2 Å². The zero-order chi connectivity index (χ0) is 20.6. The molecule has 0 radical (unpaired) electrons. The van der Waals surface area contributed by atoms with E-state index in [1.54, 1.807) is 21.3 Å². The Bertz CT molecular complexity index is 992. The summed E-state index contributed by atoms with van der Waals surface area (Å²) < 4.78 is 18.2. The molecule has 162 valence electrons. The lowest BCUT2D eigenvalue weighted by molar-refractivity contribution is 0.322. The van der Waals surface area contributed by atoms with Gasteiger partial charge in [0.2, 0.25) is 5.75 Å². The van der Waals surface area contributed by atoms with Crippen LogP contribution < -0.4 is 24.8 Å². The average molecular weight is 526 g/mol. The normalized spacial score (nSPS) is 11.0. The van der Waals surface area contributed by atoms with Crippen LogP contribution >= 0.6 is 24.0 Å². The van der Waals surface area contributed by atoms with E-state index in [0.29, 0.717) is 36.3 Å². The highest BCUT2D eigenvalue weighted by Gasteiger charge is 2.15. The Balaban J connectivity index is 0.00000320. The van der Waals surface area contributed by atoms with Gasteiger partial charge in [-0.2, -0.15) is 0 Å². The van der Waals surface area contributed by atoms with E-state index in [1.165, 1.54) is 0 Å². The number of nitrogens with one attached hydrogen (secondary N) is 2. The van der Waals surface area contributed by atoms with Gasteiger partial charge in [0.25, 0.3) is 0 Å². The Hall–Kier alpha value is -2.76. The first-order chi connectivity index (χ1) is 14.2. The Morgan fingerprint density at radius 1 is 1.00 bits per heavy atom. The van der Waals surface area contributed by atoms with Crippen LogP contribution in [0.15, 0.2) is 41.5 Å². The zero-order valence-corrected chi connectivity index (χ0v) is 19.8. The van der Waals surface area contributed by atoms with Gasteiger partial charge >= 0.3 is 0 Å². The van der Waals surface area contributed by atoms with Gasteiger partial charge in [-0.25, -0.2) is 4.99 Å². The summed E-state index contributed by atoms with van der Waals surface area (Å²) in [5.74, 6) is 3.23. The molecule has 0 fully saturated rings. The Morgan fingerprint density at radius 2 is 1.80 bits per heavy atom. The molecule has 2 aromatic heterocycles. The maximum Gasteiger partial charge on any atom is 0.203 e. The van der Waals surface area contributed by atoms with Crippen molar-refractivity contribution in [3.8, 4) is 17.2 Å². The second kappa shape index (κ2) is 11.4. The number of pyridine rings is 1. The standard InChI is InChI=1S/C20H26N6O3.HI/c1-5-21-20(23-13-17-25-24-16-8-6-7-11-26(16)17)22-12-14-9-10-15(27-2)19(29-4)18(14)28-3;/h6-11H,5,12-13H2,1-4H3,(H2,21,22,23);1H. The molecular weight excluding hydrogens is 499 g/mol. The molecule has 0 aliphatic rings. The van der Waals surface area contributed by atoms with E-state index in [-0.39, 0.29) is 24.0 Å². The lowest BCUT2D eigenvalue weighted by Crippen LogP contribution is -2.37. The van der Waals surface area contributed by atoms with Crippen molar-refractivity contribution in [1.82, 2.24) is 25.2 Å². The van der Waals surface area contributed by atoms with Crippen molar-refractivity contribution < 1.29 is 14.2 Å². The largest absolute Gasteiger partial charge is 0.493 e. The number of benzene rings is 1. The first kappa shape index (κ1) is 23.5. The van der Waals surface area contributed by atoms with Crippen LogP contribution in [0, 0.1) is 0 Å². The molecule has 0 bridgehead atoms. The predicted molar refractivity (Wildman–Crippen MR) is 126 cm³/mol. The number of guanidine groups is 1. The fraction of sp³-hybridized carbons (Fsp3) is 0.350. The van der Waals surface area contributed by atoms with Crippen LogP contribution in [0.25, 0.3) is 5.65 Å². The van der Waals surface area contributed by atoms with Crippen molar-refractivity contribution in [3.05, 3.63) is 47.9 Å². The quantitative estimate of drug-likeness (QED) is 0.265. The van der Waals surface area contributed by atoms with Gasteiger partial charge in [0.15, 0.2) is 28.9 Å². The van der Waals surface area contributed by atoms with Crippen molar-refractivity contribution >= 4 is 35.6 Å². The van der Waals surface area contributed by atoms with Gasteiger partial charge in [-0.1, -0.05) is 6.07 Å². The molecule has 3 rings (SSSR count). The predicted octanol–water partition coefficient (Wildman–Crippen LogP) is 2.63. The average Bonchev–Trinajstić information content (AvgIpc) is 3.18. The van der Waals surface area contributed by atoms with E-state index in [2.05, 4.69) is 25.8 Å². The highest BCUT2D eigenvalue weighted by Crippen LogP contribution is 2.39.